The molecule has 0 aliphatic rings. The van der Waals surface area contributed by atoms with Gasteiger partial charge in [-0.2, -0.15) is 0 Å². The lowest BCUT2D eigenvalue weighted by molar-refractivity contribution is 1.28. The van der Waals surface area contributed by atoms with E-state index in [-0.39, 0.29) is 0 Å². The van der Waals surface area contributed by atoms with Crippen molar-refractivity contribution in [3.8, 4) is 22.4 Å². The van der Waals surface area contributed by atoms with Crippen molar-refractivity contribution in [1.29, 1.82) is 0 Å². The third kappa shape index (κ3) is 2.81. The predicted octanol–water partition coefficient (Wildman–Crippen LogP) is 9.34. The standard InChI is InChI=1S/C33H20N2S/c1-2-12-26-24(10-1)25-11-3-4-13-27(25)29-19-22(16-17-28(26)29)21-8-7-9-23(18-21)32-20-36-33-34-30-14-5-6-15-31(30)35(32)33/h1-20H. The van der Waals surface area contributed by atoms with Crippen LogP contribution in [0, 0.1) is 0 Å². The Balaban J connectivity index is 1.35. The minimum absolute atomic E-state index is 1.03. The first-order valence-electron chi connectivity index (χ1n) is 12.1. The molecular weight excluding hydrogens is 456 g/mol. The molecule has 168 valence electrons. The van der Waals surface area contributed by atoms with Crippen LogP contribution in [0.2, 0.25) is 0 Å². The van der Waals surface area contributed by atoms with Crippen LogP contribution >= 0.6 is 11.3 Å². The number of aromatic nitrogens is 2. The average Bonchev–Trinajstić information content (AvgIpc) is 3.53. The molecule has 0 amide bonds. The fourth-order valence-corrected chi connectivity index (χ4v) is 6.53. The van der Waals surface area contributed by atoms with Gasteiger partial charge in [0.2, 0.25) is 0 Å². The van der Waals surface area contributed by atoms with Crippen molar-refractivity contribution in [3.05, 3.63) is 121 Å². The van der Waals surface area contributed by atoms with Gasteiger partial charge in [0, 0.05) is 10.9 Å². The molecule has 2 nitrogen and oxygen atoms in total. The van der Waals surface area contributed by atoms with Gasteiger partial charge in [-0.3, -0.25) is 4.40 Å². The van der Waals surface area contributed by atoms with E-state index in [9.17, 15) is 0 Å². The number of benzene rings is 6. The maximum Gasteiger partial charge on any atom is 0.195 e. The maximum atomic E-state index is 4.81. The van der Waals surface area contributed by atoms with Gasteiger partial charge in [0.05, 0.1) is 16.7 Å². The fourth-order valence-electron chi connectivity index (χ4n) is 5.62. The van der Waals surface area contributed by atoms with Crippen LogP contribution in [0.1, 0.15) is 0 Å². The van der Waals surface area contributed by atoms with E-state index in [0.29, 0.717) is 0 Å². The Morgan fingerprint density at radius 2 is 1.11 bits per heavy atom. The number of nitrogens with zero attached hydrogens (tertiary/aromatic N) is 2. The van der Waals surface area contributed by atoms with E-state index in [0.717, 1.165) is 16.0 Å². The van der Waals surface area contributed by atoms with Crippen LogP contribution in [0.3, 0.4) is 0 Å². The minimum atomic E-state index is 1.03. The van der Waals surface area contributed by atoms with Crippen molar-refractivity contribution < 1.29 is 0 Å². The lowest BCUT2D eigenvalue weighted by Crippen LogP contribution is -1.88. The van der Waals surface area contributed by atoms with E-state index in [1.54, 1.807) is 11.3 Å². The van der Waals surface area contributed by atoms with Crippen LogP contribution in [-0.4, -0.2) is 9.38 Å². The third-order valence-corrected chi connectivity index (χ3v) is 8.11. The fraction of sp³-hybridized carbons (Fsp3) is 0. The van der Waals surface area contributed by atoms with E-state index in [1.807, 2.05) is 6.07 Å². The molecule has 0 aliphatic carbocycles. The van der Waals surface area contributed by atoms with Crippen LogP contribution in [-0.2, 0) is 0 Å². The van der Waals surface area contributed by atoms with Gasteiger partial charge in [0.1, 0.15) is 0 Å². The van der Waals surface area contributed by atoms with Crippen LogP contribution in [0.25, 0.3) is 70.7 Å². The molecule has 0 bridgehead atoms. The lowest BCUT2D eigenvalue weighted by atomic mass is 9.92. The summed E-state index contributed by atoms with van der Waals surface area (Å²) >= 11 is 1.69. The van der Waals surface area contributed by atoms with Gasteiger partial charge in [0.25, 0.3) is 0 Å². The van der Waals surface area contributed by atoms with Crippen molar-refractivity contribution in [2.45, 2.75) is 0 Å². The molecule has 0 saturated heterocycles. The van der Waals surface area contributed by atoms with Crippen molar-refractivity contribution in [3.63, 3.8) is 0 Å². The Bertz CT molecular complexity index is 2080. The first kappa shape index (κ1) is 19.8. The van der Waals surface area contributed by atoms with E-state index in [4.69, 9.17) is 4.98 Å². The largest absolute Gasteiger partial charge is 0.283 e. The summed E-state index contributed by atoms with van der Waals surface area (Å²) in [4.78, 5) is 5.84. The quantitative estimate of drug-likeness (QED) is 0.227. The number of fused-ring (bicyclic) bond motifs is 9. The SMILES string of the molecule is c1cc(-c2ccc3c4ccccc4c4ccccc4c3c2)cc(-c2csc3nc4ccccc4n23)c1. The highest BCUT2D eigenvalue weighted by atomic mass is 32.1. The summed E-state index contributed by atoms with van der Waals surface area (Å²) in [6.45, 7) is 0. The highest BCUT2D eigenvalue weighted by Gasteiger charge is 2.13. The molecule has 0 fully saturated rings. The van der Waals surface area contributed by atoms with Gasteiger partial charge in [-0.25, -0.2) is 4.98 Å². The zero-order valence-electron chi connectivity index (χ0n) is 19.3. The van der Waals surface area contributed by atoms with Crippen molar-refractivity contribution in [2.24, 2.45) is 0 Å². The zero-order chi connectivity index (χ0) is 23.6. The smallest absolute Gasteiger partial charge is 0.195 e. The predicted molar refractivity (Wildman–Crippen MR) is 154 cm³/mol. The molecule has 0 radical (unpaired) electrons. The summed E-state index contributed by atoms with van der Waals surface area (Å²) in [5, 5.41) is 10.0. The van der Waals surface area contributed by atoms with E-state index >= 15 is 0 Å². The van der Waals surface area contributed by atoms with Crippen molar-refractivity contribution >= 4 is 59.6 Å². The normalized spacial score (nSPS) is 11.9. The molecule has 0 atom stereocenters. The Labute approximate surface area is 211 Å². The van der Waals surface area contributed by atoms with Crippen molar-refractivity contribution in [1.82, 2.24) is 9.38 Å². The summed E-state index contributed by atoms with van der Waals surface area (Å²) in [6.07, 6.45) is 0. The average molecular weight is 477 g/mol. The molecule has 6 aromatic carbocycles. The second-order valence-corrected chi connectivity index (χ2v) is 10.1. The first-order valence-corrected chi connectivity index (χ1v) is 13.0. The molecule has 3 heteroatoms. The van der Waals surface area contributed by atoms with Gasteiger partial charge in [-0.05, 0) is 67.7 Å². The number of thiazole rings is 1. The van der Waals surface area contributed by atoms with Crippen molar-refractivity contribution in [2.75, 3.05) is 0 Å². The summed E-state index contributed by atoms with van der Waals surface area (Å²) in [5.41, 5.74) is 7.02. The van der Waals surface area contributed by atoms with E-state index in [2.05, 4.69) is 119 Å². The van der Waals surface area contributed by atoms with E-state index < -0.39 is 0 Å². The topological polar surface area (TPSA) is 17.3 Å². The molecule has 0 aliphatic heterocycles. The number of hydrogen-bond acceptors (Lipinski definition) is 2. The summed E-state index contributed by atoms with van der Waals surface area (Å²) in [6, 6.07) is 41.6. The molecule has 0 saturated carbocycles. The Morgan fingerprint density at radius 3 is 1.89 bits per heavy atom. The molecule has 36 heavy (non-hydrogen) atoms. The van der Waals surface area contributed by atoms with Gasteiger partial charge in [-0.15, -0.1) is 11.3 Å². The number of rotatable bonds is 2. The highest BCUT2D eigenvalue weighted by molar-refractivity contribution is 7.15. The molecule has 0 spiro atoms. The molecule has 8 rings (SSSR count). The molecule has 0 N–H and O–H groups in total. The summed E-state index contributed by atoms with van der Waals surface area (Å²) in [7, 11) is 0. The molecule has 8 aromatic rings. The second kappa shape index (κ2) is 7.51. The molecular formula is C33H20N2S. The van der Waals surface area contributed by atoms with Crippen LogP contribution in [0.5, 0.6) is 0 Å². The number of para-hydroxylation sites is 2. The lowest BCUT2D eigenvalue weighted by Gasteiger charge is -2.12. The third-order valence-electron chi connectivity index (χ3n) is 7.28. The highest BCUT2D eigenvalue weighted by Crippen LogP contribution is 2.38. The van der Waals surface area contributed by atoms with Gasteiger partial charge in [-0.1, -0.05) is 91.0 Å². The Hall–Kier alpha value is -4.47. The molecule has 2 aromatic heterocycles. The second-order valence-electron chi connectivity index (χ2n) is 9.27. The molecule has 2 heterocycles. The Kier molecular flexibility index (Phi) is 4.13. The van der Waals surface area contributed by atoms with Crippen LogP contribution in [0.15, 0.2) is 121 Å². The van der Waals surface area contributed by atoms with Crippen LogP contribution in [0.4, 0.5) is 0 Å². The maximum absolute atomic E-state index is 4.81. The van der Waals surface area contributed by atoms with Crippen LogP contribution < -0.4 is 0 Å². The number of imidazole rings is 1. The molecule has 0 unspecified atom stereocenters. The first-order chi connectivity index (χ1) is 17.8. The summed E-state index contributed by atoms with van der Waals surface area (Å²) < 4.78 is 2.28. The minimum Gasteiger partial charge on any atom is -0.283 e. The summed E-state index contributed by atoms with van der Waals surface area (Å²) in [5.74, 6) is 0. The van der Waals surface area contributed by atoms with Gasteiger partial charge >= 0.3 is 0 Å². The Morgan fingerprint density at radius 1 is 0.500 bits per heavy atom. The van der Waals surface area contributed by atoms with E-state index in [1.165, 1.54) is 54.7 Å². The van der Waals surface area contributed by atoms with Gasteiger partial charge in [0.15, 0.2) is 4.96 Å². The number of hydrogen-bond donors (Lipinski definition) is 0. The zero-order valence-corrected chi connectivity index (χ0v) is 20.2. The monoisotopic (exact) mass is 476 g/mol. The van der Waals surface area contributed by atoms with Gasteiger partial charge < -0.3 is 0 Å².